The van der Waals surface area contributed by atoms with Crippen LogP contribution in [0.1, 0.15) is 39.7 Å². The number of ether oxygens (including phenoxy) is 3. The van der Waals surface area contributed by atoms with E-state index < -0.39 is 42.3 Å². The average Bonchev–Trinajstić information content (AvgIpc) is 2.94. The molecule has 0 radical (unpaired) electrons. The zero-order chi connectivity index (χ0) is 31.6. The Kier molecular flexibility index (Phi) is 13.1. The summed E-state index contributed by atoms with van der Waals surface area (Å²) in [6.07, 6.45) is 4.64. The number of carbonyl (C=O) groups is 2. The smallest absolute Gasteiger partial charge is 0.405 e. The number of carbonyl (C=O) groups excluding carboxylic acids is 2. The molecule has 2 bridgehead atoms. The minimum atomic E-state index is -0.990. The first kappa shape index (κ1) is 34.4. The molecule has 1 aromatic rings. The number of benzene rings is 1. The molecular formula is C31H45N3O8. The quantitative estimate of drug-likeness (QED) is 0.162. The summed E-state index contributed by atoms with van der Waals surface area (Å²) >= 11 is 0. The number of nitrogens with one attached hydrogen (secondary N) is 2. The molecule has 6 atom stereocenters. The number of aliphatic hydroxyl groups is 1. The van der Waals surface area contributed by atoms with Crippen molar-refractivity contribution in [2.75, 3.05) is 31.4 Å². The van der Waals surface area contributed by atoms with Gasteiger partial charge >= 0.3 is 6.09 Å². The normalized spacial score (nSPS) is 29.3. The van der Waals surface area contributed by atoms with Gasteiger partial charge in [-0.25, -0.2) is 4.79 Å². The predicted octanol–water partition coefficient (Wildman–Crippen LogP) is 4.16. The molecule has 11 heteroatoms. The third kappa shape index (κ3) is 9.10. The Morgan fingerprint density at radius 3 is 2.52 bits per heavy atom. The fraction of sp³-hybridized carbons (Fsp3) is 0.484. The molecule has 42 heavy (non-hydrogen) atoms. The third-order valence-electron chi connectivity index (χ3n) is 7.25. The van der Waals surface area contributed by atoms with E-state index in [-0.39, 0.29) is 23.1 Å². The minimum Gasteiger partial charge on any atom is -0.506 e. The monoisotopic (exact) mass is 587 g/mol. The molecule has 1 aromatic carbocycles. The van der Waals surface area contributed by atoms with Crippen LogP contribution in [0.5, 0.6) is 11.5 Å². The number of phenolic OH excluding ortho intramolecular Hbond substituents is 2. The second-order valence-electron chi connectivity index (χ2n) is 10.6. The van der Waals surface area contributed by atoms with E-state index >= 15 is 0 Å². The van der Waals surface area contributed by atoms with Gasteiger partial charge in [-0.3, -0.25) is 4.79 Å². The fourth-order valence-corrected chi connectivity index (χ4v) is 4.98. The van der Waals surface area contributed by atoms with Gasteiger partial charge in [-0.05, 0) is 38.2 Å². The number of methoxy groups -OCH3 is 2. The lowest BCUT2D eigenvalue weighted by Gasteiger charge is -2.29. The van der Waals surface area contributed by atoms with Gasteiger partial charge in [0.15, 0.2) is 6.10 Å². The molecule has 0 aliphatic carbocycles. The Labute approximate surface area is 247 Å². The second-order valence-corrected chi connectivity index (χ2v) is 10.6. The van der Waals surface area contributed by atoms with Crippen molar-refractivity contribution in [3.63, 3.8) is 0 Å². The molecule has 0 fully saturated rings. The number of primary amides is 1. The fourth-order valence-electron chi connectivity index (χ4n) is 4.98. The van der Waals surface area contributed by atoms with E-state index in [0.29, 0.717) is 41.8 Å². The molecule has 0 unspecified atom stereocenters. The number of aromatic hydroxyl groups is 2. The molecule has 2 rings (SSSR count). The highest BCUT2D eigenvalue weighted by molar-refractivity contribution is 6.04. The van der Waals surface area contributed by atoms with Gasteiger partial charge in [0, 0.05) is 43.9 Å². The number of hydrogen-bond acceptors (Lipinski definition) is 9. The molecule has 0 saturated carbocycles. The summed E-state index contributed by atoms with van der Waals surface area (Å²) in [5, 5.41) is 39.1. The van der Waals surface area contributed by atoms with E-state index in [1.807, 2.05) is 13.8 Å². The molecule has 232 valence electrons. The van der Waals surface area contributed by atoms with Crippen molar-refractivity contribution in [3.8, 4) is 11.5 Å². The van der Waals surface area contributed by atoms with Crippen LogP contribution in [0.2, 0.25) is 0 Å². The average molecular weight is 588 g/mol. The van der Waals surface area contributed by atoms with Gasteiger partial charge in [0.25, 0.3) is 5.91 Å². The summed E-state index contributed by atoms with van der Waals surface area (Å²) in [5.74, 6) is -1.41. The van der Waals surface area contributed by atoms with Crippen molar-refractivity contribution in [2.24, 2.45) is 17.6 Å². The van der Waals surface area contributed by atoms with Crippen LogP contribution in [0.3, 0.4) is 0 Å². The second kappa shape index (κ2) is 16.0. The Bertz CT molecular complexity index is 1210. The van der Waals surface area contributed by atoms with Crippen LogP contribution in [0.15, 0.2) is 54.2 Å². The van der Waals surface area contributed by atoms with E-state index in [1.54, 1.807) is 38.2 Å². The zero-order valence-electron chi connectivity index (χ0n) is 25.2. The van der Waals surface area contributed by atoms with E-state index in [2.05, 4.69) is 17.2 Å². The van der Waals surface area contributed by atoms with Crippen LogP contribution in [0.4, 0.5) is 16.2 Å². The SMILES string of the molecule is C=CCNc1c(O)cc2c(O)c1C[C@@H](C)C[C@H](OC)[C@H](O)[C@@H](C)/C=C(\C)[C@H](OC(N)=O)[C@@H](OC)/C=C/C=C(\C)C(=O)N2. The van der Waals surface area contributed by atoms with Gasteiger partial charge < -0.3 is 45.9 Å². The van der Waals surface area contributed by atoms with Gasteiger partial charge in [0.05, 0.1) is 23.6 Å². The Morgan fingerprint density at radius 1 is 1.24 bits per heavy atom. The topological polar surface area (TPSA) is 173 Å². The first-order valence-corrected chi connectivity index (χ1v) is 13.8. The van der Waals surface area contributed by atoms with E-state index in [4.69, 9.17) is 19.9 Å². The number of anilines is 2. The van der Waals surface area contributed by atoms with Gasteiger partial charge in [-0.15, -0.1) is 6.58 Å². The van der Waals surface area contributed by atoms with Crippen molar-refractivity contribution in [3.05, 3.63) is 59.7 Å². The molecule has 1 aliphatic rings. The highest BCUT2D eigenvalue weighted by Gasteiger charge is 2.30. The van der Waals surface area contributed by atoms with Crippen LogP contribution in [-0.4, -0.2) is 72.5 Å². The van der Waals surface area contributed by atoms with Crippen LogP contribution in [0.25, 0.3) is 0 Å². The van der Waals surface area contributed by atoms with E-state index in [9.17, 15) is 24.9 Å². The predicted molar refractivity (Wildman–Crippen MR) is 162 cm³/mol. The van der Waals surface area contributed by atoms with Crippen LogP contribution in [0, 0.1) is 11.8 Å². The molecule has 7 N–H and O–H groups in total. The lowest BCUT2D eigenvalue weighted by molar-refractivity contribution is -0.112. The first-order valence-electron chi connectivity index (χ1n) is 13.8. The summed E-state index contributed by atoms with van der Waals surface area (Å²) < 4.78 is 16.6. The number of rotatable bonds is 6. The number of amides is 2. The van der Waals surface area contributed by atoms with Crippen molar-refractivity contribution in [1.82, 2.24) is 0 Å². The number of phenols is 2. The highest BCUT2D eigenvalue weighted by atomic mass is 16.6. The van der Waals surface area contributed by atoms with Gasteiger partial charge in [0.1, 0.15) is 17.6 Å². The number of aliphatic hydroxyl groups excluding tert-OH is 1. The van der Waals surface area contributed by atoms with Crippen molar-refractivity contribution in [1.29, 1.82) is 0 Å². The summed E-state index contributed by atoms with van der Waals surface area (Å²) in [7, 11) is 2.95. The minimum absolute atomic E-state index is 0.0416. The Hall–Kier alpha value is -3.80. The number of hydrogen-bond donors (Lipinski definition) is 6. The Balaban J connectivity index is 2.67. The number of fused-ring (bicyclic) bond motifs is 2. The molecule has 2 amide bonds. The molecule has 1 heterocycles. The lowest BCUT2D eigenvalue weighted by Crippen LogP contribution is -2.37. The maximum Gasteiger partial charge on any atom is 0.405 e. The Morgan fingerprint density at radius 2 is 1.93 bits per heavy atom. The molecule has 0 spiro atoms. The van der Waals surface area contributed by atoms with Crippen molar-refractivity contribution < 1.29 is 39.1 Å². The summed E-state index contributed by atoms with van der Waals surface area (Å²) in [6, 6.07) is 1.28. The van der Waals surface area contributed by atoms with E-state index in [1.165, 1.54) is 26.4 Å². The van der Waals surface area contributed by atoms with Crippen molar-refractivity contribution >= 4 is 23.4 Å². The lowest BCUT2D eigenvalue weighted by atomic mass is 9.87. The molecular weight excluding hydrogens is 542 g/mol. The molecule has 0 aromatic heterocycles. The van der Waals surface area contributed by atoms with Gasteiger partial charge in [0.2, 0.25) is 0 Å². The van der Waals surface area contributed by atoms with Gasteiger partial charge in [-0.1, -0.05) is 44.2 Å². The first-order chi connectivity index (χ1) is 19.8. The molecule has 0 saturated heterocycles. The van der Waals surface area contributed by atoms with E-state index in [0.717, 1.165) is 0 Å². The maximum absolute atomic E-state index is 13.0. The zero-order valence-corrected chi connectivity index (χ0v) is 25.2. The van der Waals surface area contributed by atoms with Crippen LogP contribution in [-0.2, 0) is 25.4 Å². The largest absolute Gasteiger partial charge is 0.506 e. The van der Waals surface area contributed by atoms with Crippen LogP contribution < -0.4 is 16.4 Å². The molecule has 1 aliphatic heterocycles. The van der Waals surface area contributed by atoms with Gasteiger partial charge in [-0.2, -0.15) is 0 Å². The number of allylic oxidation sites excluding steroid dienone is 2. The summed E-state index contributed by atoms with van der Waals surface area (Å²) in [6.45, 7) is 11.1. The molecule has 11 nitrogen and oxygen atoms in total. The van der Waals surface area contributed by atoms with Crippen LogP contribution >= 0.6 is 0 Å². The third-order valence-corrected chi connectivity index (χ3v) is 7.25. The highest BCUT2D eigenvalue weighted by Crippen LogP contribution is 2.42. The summed E-state index contributed by atoms with van der Waals surface area (Å²) in [5.41, 5.74) is 7.01. The number of nitrogens with two attached hydrogens (primary N) is 1. The standard InChI is InChI=1S/C31H45N3O8/c1-8-12-33-26-21-13-17(2)14-25(41-7)27(36)19(4)15-20(5)29(42-31(32)39)24(40-6)11-9-10-18(3)30(38)34-22(28(21)37)16-23(26)35/h8-11,15-17,19,24-25,27,29,33,35-37H,1,12-14H2,2-7H3,(H2,32,39)(H,34,38)/b11-9+,18-10+,20-15+/t17-,19+,24+,25+,27-,29+/m1/s1. The maximum atomic E-state index is 13.0. The van der Waals surface area contributed by atoms with Crippen molar-refractivity contribution in [2.45, 2.75) is 65.0 Å². The summed E-state index contributed by atoms with van der Waals surface area (Å²) in [4.78, 5) is 24.7.